The second-order valence-corrected chi connectivity index (χ2v) is 10.6. The van der Waals surface area contributed by atoms with Gasteiger partial charge in [-0.2, -0.15) is 5.06 Å². The van der Waals surface area contributed by atoms with Gasteiger partial charge in [-0.25, -0.2) is 4.90 Å². The van der Waals surface area contributed by atoms with Gasteiger partial charge in [-0.05, 0) is 56.0 Å². The lowest BCUT2D eigenvalue weighted by Gasteiger charge is -2.49. The number of hydrogen-bond donors (Lipinski definition) is 2. The van der Waals surface area contributed by atoms with Gasteiger partial charge >= 0.3 is 0 Å². The van der Waals surface area contributed by atoms with Crippen molar-refractivity contribution < 1.29 is 29.5 Å². The van der Waals surface area contributed by atoms with Gasteiger partial charge in [0.25, 0.3) is 11.8 Å². The molecule has 2 N–H and O–H groups in total. The number of phenols is 1. The number of imide groups is 2. The molecule has 4 amide bonds. The van der Waals surface area contributed by atoms with E-state index in [-0.39, 0.29) is 29.6 Å². The highest BCUT2D eigenvalue weighted by molar-refractivity contribution is 6.30. The summed E-state index contributed by atoms with van der Waals surface area (Å²) in [6, 6.07) is 13.2. The first kappa shape index (κ1) is 22.9. The van der Waals surface area contributed by atoms with Crippen LogP contribution in [0.3, 0.4) is 0 Å². The number of allylic oxidation sites excluding steroid dienone is 2. The Morgan fingerprint density at radius 2 is 1.69 bits per heavy atom. The van der Waals surface area contributed by atoms with Crippen molar-refractivity contribution in [3.63, 3.8) is 0 Å². The molecule has 2 aromatic carbocycles. The van der Waals surface area contributed by atoms with Gasteiger partial charge < -0.3 is 5.11 Å². The molecule has 0 radical (unpaired) electrons. The van der Waals surface area contributed by atoms with Gasteiger partial charge in [0.1, 0.15) is 5.75 Å². The van der Waals surface area contributed by atoms with Crippen molar-refractivity contribution in [3.8, 4) is 5.75 Å². The van der Waals surface area contributed by atoms with Crippen molar-refractivity contribution in [1.82, 2.24) is 5.06 Å². The fourth-order valence-corrected chi connectivity index (χ4v) is 7.10. The molecule has 8 nitrogen and oxygen atoms in total. The standard InChI is InChI=1S/C27H23ClN2O6/c1-27-19(24(33)29(26(27)35)14-5-3-2-4-6-14)12-17-15(22(27)18-11-13(28)7-10-20(18)31)8-9-16-21(17)25(34)30(36)23(16)32/h2-8,10-11,16-17,19,21-22,31,36H,9,12H2,1H3/t16-,17+,19-,21-,22+,27+/m0/s1. The van der Waals surface area contributed by atoms with E-state index in [4.69, 9.17) is 11.6 Å². The van der Waals surface area contributed by atoms with Crippen molar-refractivity contribution in [3.05, 3.63) is 70.8 Å². The predicted octanol–water partition coefficient (Wildman–Crippen LogP) is 3.67. The number of aromatic hydroxyl groups is 1. The lowest BCUT2D eigenvalue weighted by atomic mass is 9.51. The van der Waals surface area contributed by atoms with Crippen LogP contribution >= 0.6 is 11.6 Å². The Morgan fingerprint density at radius 3 is 2.42 bits per heavy atom. The summed E-state index contributed by atoms with van der Waals surface area (Å²) in [6.07, 6.45) is 2.22. The maximum atomic E-state index is 14.1. The van der Waals surface area contributed by atoms with E-state index in [0.29, 0.717) is 21.8 Å². The minimum absolute atomic E-state index is 0.0796. The summed E-state index contributed by atoms with van der Waals surface area (Å²) in [5.41, 5.74) is 0.272. The highest BCUT2D eigenvalue weighted by Crippen LogP contribution is 2.64. The number of para-hydroxylation sites is 1. The van der Waals surface area contributed by atoms with Crippen molar-refractivity contribution >= 4 is 40.9 Å². The minimum atomic E-state index is -1.27. The first-order chi connectivity index (χ1) is 17.2. The van der Waals surface area contributed by atoms with Gasteiger partial charge in [0.05, 0.1) is 28.9 Å². The predicted molar refractivity (Wildman–Crippen MR) is 128 cm³/mol. The number of carbonyl (C=O) groups excluding carboxylic acids is 4. The van der Waals surface area contributed by atoms with E-state index in [1.807, 2.05) is 6.08 Å². The largest absolute Gasteiger partial charge is 0.508 e. The molecule has 0 spiro atoms. The Hall–Kier alpha value is -3.49. The number of carbonyl (C=O) groups is 4. The molecule has 2 aliphatic heterocycles. The van der Waals surface area contributed by atoms with Crippen molar-refractivity contribution in [2.24, 2.45) is 29.1 Å². The molecule has 2 aromatic rings. The van der Waals surface area contributed by atoms with Crippen LogP contribution < -0.4 is 4.90 Å². The number of hydroxylamine groups is 2. The molecule has 6 rings (SSSR count). The average Bonchev–Trinajstić information content (AvgIpc) is 3.21. The van der Waals surface area contributed by atoms with Crippen LogP contribution in [-0.2, 0) is 19.2 Å². The molecule has 1 saturated carbocycles. The number of nitrogens with zero attached hydrogens (tertiary/aromatic N) is 2. The molecule has 0 aromatic heterocycles. The van der Waals surface area contributed by atoms with Gasteiger partial charge in [-0.3, -0.25) is 24.4 Å². The first-order valence-electron chi connectivity index (χ1n) is 11.8. The third-order valence-corrected chi connectivity index (χ3v) is 8.80. The van der Waals surface area contributed by atoms with E-state index >= 15 is 0 Å². The Morgan fingerprint density at radius 1 is 0.972 bits per heavy atom. The topological polar surface area (TPSA) is 115 Å². The fourth-order valence-electron chi connectivity index (χ4n) is 6.92. The molecular weight excluding hydrogens is 484 g/mol. The minimum Gasteiger partial charge on any atom is -0.508 e. The second kappa shape index (κ2) is 7.75. The lowest BCUT2D eigenvalue weighted by molar-refractivity contribution is -0.173. The molecule has 3 fully saturated rings. The van der Waals surface area contributed by atoms with Crippen molar-refractivity contribution in [2.45, 2.75) is 25.7 Å². The average molecular weight is 507 g/mol. The van der Waals surface area contributed by atoms with Crippen LogP contribution in [0.2, 0.25) is 5.02 Å². The van der Waals surface area contributed by atoms with Crippen molar-refractivity contribution in [1.29, 1.82) is 0 Å². The first-order valence-corrected chi connectivity index (χ1v) is 12.2. The van der Waals surface area contributed by atoms with Crippen molar-refractivity contribution in [2.75, 3.05) is 4.90 Å². The zero-order valence-corrected chi connectivity index (χ0v) is 20.1. The zero-order valence-electron chi connectivity index (χ0n) is 19.3. The lowest BCUT2D eigenvalue weighted by Crippen LogP contribution is -2.48. The van der Waals surface area contributed by atoms with Gasteiger partial charge in [0, 0.05) is 16.5 Å². The molecule has 4 aliphatic rings. The summed E-state index contributed by atoms with van der Waals surface area (Å²) in [6.45, 7) is 1.73. The molecule has 2 aliphatic carbocycles. The summed E-state index contributed by atoms with van der Waals surface area (Å²) >= 11 is 6.31. The number of amides is 4. The SMILES string of the molecule is C[C@@]12C(=O)N(c3ccccc3)C(=O)[C@@H]1C[C@@H]1C(=CC[C@@H]3C(=O)N(O)C(=O)[C@@H]31)[C@@H]2c1cc(Cl)ccc1O. The highest BCUT2D eigenvalue weighted by atomic mass is 35.5. The number of benzene rings is 2. The number of anilines is 1. The molecule has 2 saturated heterocycles. The molecule has 184 valence electrons. The van der Waals surface area contributed by atoms with Crippen LogP contribution in [0.15, 0.2) is 60.2 Å². The smallest absolute Gasteiger partial charge is 0.257 e. The number of phenolic OH excluding ortho intramolecular Hbond substituents is 1. The second-order valence-electron chi connectivity index (χ2n) is 10.2. The summed E-state index contributed by atoms with van der Waals surface area (Å²) in [5, 5.41) is 21.5. The molecule has 6 atom stereocenters. The number of rotatable bonds is 2. The number of hydrogen-bond acceptors (Lipinski definition) is 6. The summed E-state index contributed by atoms with van der Waals surface area (Å²) in [5.74, 6) is -5.94. The normalized spacial score (nSPS) is 33.4. The van der Waals surface area contributed by atoms with Crippen LogP contribution in [0.1, 0.15) is 31.2 Å². The maximum Gasteiger partial charge on any atom is 0.257 e. The van der Waals surface area contributed by atoms with E-state index in [1.165, 1.54) is 17.0 Å². The molecule has 9 heteroatoms. The maximum absolute atomic E-state index is 14.1. The highest BCUT2D eigenvalue weighted by Gasteiger charge is 2.67. The van der Waals surface area contributed by atoms with Crippen LogP contribution in [0.25, 0.3) is 0 Å². The molecule has 0 bridgehead atoms. The van der Waals surface area contributed by atoms with E-state index in [2.05, 4.69) is 0 Å². The van der Waals surface area contributed by atoms with E-state index < -0.39 is 52.7 Å². The number of halogens is 1. The fraction of sp³-hybridized carbons (Fsp3) is 0.333. The molecule has 36 heavy (non-hydrogen) atoms. The summed E-state index contributed by atoms with van der Waals surface area (Å²) in [7, 11) is 0. The van der Waals surface area contributed by atoms with E-state index in [9.17, 15) is 29.5 Å². The van der Waals surface area contributed by atoms with Gasteiger partial charge in [0.2, 0.25) is 11.8 Å². The summed E-state index contributed by atoms with van der Waals surface area (Å²) in [4.78, 5) is 54.7. The Kier molecular flexibility index (Phi) is 4.94. The molecule has 0 unspecified atom stereocenters. The van der Waals surface area contributed by atoms with Gasteiger partial charge in [-0.1, -0.05) is 41.4 Å². The van der Waals surface area contributed by atoms with E-state index in [0.717, 1.165) is 0 Å². The number of fused-ring (bicyclic) bond motifs is 4. The Labute approximate surface area is 211 Å². The Bertz CT molecular complexity index is 1370. The van der Waals surface area contributed by atoms with Crippen LogP contribution in [0.4, 0.5) is 5.69 Å². The van der Waals surface area contributed by atoms with Gasteiger partial charge in [0.15, 0.2) is 0 Å². The van der Waals surface area contributed by atoms with Crippen LogP contribution in [0.5, 0.6) is 5.75 Å². The molecular formula is C27H23ClN2O6. The summed E-state index contributed by atoms with van der Waals surface area (Å²) < 4.78 is 0. The zero-order chi connectivity index (χ0) is 25.5. The molecule has 2 heterocycles. The van der Waals surface area contributed by atoms with Gasteiger partial charge in [-0.15, -0.1) is 0 Å². The Balaban J connectivity index is 1.57. The third kappa shape index (κ3) is 2.85. The van der Waals surface area contributed by atoms with Crippen LogP contribution in [0, 0.1) is 29.1 Å². The quantitative estimate of drug-likeness (QED) is 0.365. The van der Waals surface area contributed by atoms with Crippen LogP contribution in [-0.4, -0.2) is 39.0 Å². The van der Waals surface area contributed by atoms with E-state index in [1.54, 1.807) is 43.3 Å². The third-order valence-electron chi connectivity index (χ3n) is 8.57. The monoisotopic (exact) mass is 506 g/mol.